The Morgan fingerprint density at radius 2 is 0.983 bits per heavy atom. The number of esters is 2. The van der Waals surface area contributed by atoms with E-state index in [0.29, 0.717) is 23.9 Å². The van der Waals surface area contributed by atoms with Crippen molar-refractivity contribution in [1.29, 1.82) is 0 Å². The highest BCUT2D eigenvalue weighted by atomic mass is 16.7. The van der Waals surface area contributed by atoms with Gasteiger partial charge in [-0.3, -0.25) is 9.59 Å². The number of allylic oxidation sites excluding steroid dienone is 16. The number of hydrogen-bond donors (Lipinski definition) is 0. The third kappa shape index (κ3) is 42.3. The van der Waals surface area contributed by atoms with E-state index < -0.39 is 30.3 Å². The monoisotopic (exact) mass is 838 g/mol. The fourth-order valence-electron chi connectivity index (χ4n) is 5.53. The van der Waals surface area contributed by atoms with Crippen LogP contribution in [0, 0.1) is 0 Å². The van der Waals surface area contributed by atoms with E-state index in [9.17, 15) is 19.5 Å². The molecular formula is C51H83NO8. The van der Waals surface area contributed by atoms with Crippen LogP contribution in [-0.4, -0.2) is 82.3 Å². The van der Waals surface area contributed by atoms with E-state index in [1.54, 1.807) is 0 Å². The van der Waals surface area contributed by atoms with Crippen molar-refractivity contribution in [1.82, 2.24) is 0 Å². The minimum Gasteiger partial charge on any atom is -0.545 e. The van der Waals surface area contributed by atoms with E-state index in [2.05, 4.69) is 98.9 Å². The lowest BCUT2D eigenvalue weighted by molar-refractivity contribution is -0.870. The highest BCUT2D eigenvalue weighted by Crippen LogP contribution is 2.11. The van der Waals surface area contributed by atoms with Crippen molar-refractivity contribution in [3.63, 3.8) is 0 Å². The summed E-state index contributed by atoms with van der Waals surface area (Å²) in [7, 11) is 5.87. The summed E-state index contributed by atoms with van der Waals surface area (Å²) >= 11 is 0. The maximum atomic E-state index is 12.7. The molecule has 0 aromatic rings. The van der Waals surface area contributed by atoms with E-state index in [-0.39, 0.29) is 32.7 Å². The highest BCUT2D eigenvalue weighted by Gasteiger charge is 2.21. The summed E-state index contributed by atoms with van der Waals surface area (Å²) in [4.78, 5) is 37.0. The van der Waals surface area contributed by atoms with Gasteiger partial charge in [-0.05, 0) is 83.5 Å². The first kappa shape index (κ1) is 56.2. The molecular weight excluding hydrogens is 755 g/mol. The SMILES string of the molecule is CC/C=C\C/C=C\C/C=C\C/C=C\C/C=C\C/C=C\CCC(=O)OC(COC(=O)CCCCCCC/C=C\C/C=C\CCCCCC)COC(OCC[N+](C)(C)C)C(=O)[O-]. The van der Waals surface area contributed by atoms with Crippen molar-refractivity contribution < 1.29 is 42.9 Å². The van der Waals surface area contributed by atoms with Gasteiger partial charge in [0.2, 0.25) is 0 Å². The second-order valence-corrected chi connectivity index (χ2v) is 16.0. The van der Waals surface area contributed by atoms with Crippen LogP contribution in [0.25, 0.3) is 0 Å². The van der Waals surface area contributed by atoms with Crippen LogP contribution in [0.2, 0.25) is 0 Å². The quantitative estimate of drug-likeness (QED) is 0.0197. The number of carbonyl (C=O) groups excluding carboxylic acids is 3. The molecule has 0 aliphatic carbocycles. The molecule has 2 atom stereocenters. The summed E-state index contributed by atoms with van der Waals surface area (Å²) in [5.41, 5.74) is 0. The zero-order valence-electron chi connectivity index (χ0n) is 38.3. The Labute approximate surface area is 365 Å². The van der Waals surface area contributed by atoms with E-state index in [0.717, 1.165) is 77.0 Å². The smallest absolute Gasteiger partial charge is 0.306 e. The molecule has 0 rings (SSSR count). The van der Waals surface area contributed by atoms with Gasteiger partial charge < -0.3 is 33.3 Å². The van der Waals surface area contributed by atoms with Crippen molar-refractivity contribution in [3.8, 4) is 0 Å². The van der Waals surface area contributed by atoms with Gasteiger partial charge in [0, 0.05) is 12.8 Å². The molecule has 0 N–H and O–H groups in total. The van der Waals surface area contributed by atoms with E-state index in [4.69, 9.17) is 18.9 Å². The molecule has 9 nitrogen and oxygen atoms in total. The number of aliphatic carboxylic acids is 1. The highest BCUT2D eigenvalue weighted by molar-refractivity contribution is 5.70. The first-order valence-corrected chi connectivity index (χ1v) is 22.9. The summed E-state index contributed by atoms with van der Waals surface area (Å²) in [5.74, 6) is -2.43. The molecule has 0 saturated heterocycles. The van der Waals surface area contributed by atoms with Gasteiger partial charge in [0.1, 0.15) is 13.2 Å². The Balaban J connectivity index is 4.61. The summed E-state index contributed by atoms with van der Waals surface area (Å²) < 4.78 is 22.4. The molecule has 60 heavy (non-hydrogen) atoms. The standard InChI is InChI=1S/C51H83NO8/c1-6-8-10-12-14-16-18-20-22-24-25-26-28-30-32-34-36-38-40-42-49(54)60-47(46-59-51(50(55)56)57-44-43-52(3,4)5)45-58-48(53)41-39-37-35-33-31-29-27-23-21-19-17-15-13-11-9-7-2/h8,10,14,16-17,19-20,22-23,25-27,30,32,36,38,47,51H,6-7,9,11-13,15,18,21,24,28-29,31,33-35,37,39-46H2,1-5H3/b10-8-,16-14-,19-17-,22-20-,26-25-,27-23-,32-30-,38-36-. The summed E-state index contributed by atoms with van der Waals surface area (Å²) in [6, 6.07) is 0. The molecule has 0 aromatic heterocycles. The molecule has 0 heterocycles. The third-order valence-electron chi connectivity index (χ3n) is 9.08. The summed E-state index contributed by atoms with van der Waals surface area (Å²) in [6.07, 6.45) is 51.7. The molecule has 9 heteroatoms. The average Bonchev–Trinajstić information content (AvgIpc) is 3.21. The minimum absolute atomic E-state index is 0.114. The van der Waals surface area contributed by atoms with Crippen LogP contribution in [-0.2, 0) is 33.3 Å². The number of quaternary nitrogens is 1. The van der Waals surface area contributed by atoms with E-state index in [1.807, 2.05) is 33.3 Å². The minimum atomic E-state index is -1.65. The number of carbonyl (C=O) groups is 3. The fraction of sp³-hybridized carbons (Fsp3) is 0.627. The van der Waals surface area contributed by atoms with Crippen LogP contribution in [0.3, 0.4) is 0 Å². The number of ether oxygens (including phenoxy) is 4. The van der Waals surface area contributed by atoms with Gasteiger partial charge >= 0.3 is 11.9 Å². The van der Waals surface area contributed by atoms with E-state index in [1.165, 1.54) is 32.1 Å². The van der Waals surface area contributed by atoms with Gasteiger partial charge in [0.05, 0.1) is 40.3 Å². The molecule has 0 spiro atoms. The molecule has 0 aliphatic rings. The molecule has 0 fully saturated rings. The number of nitrogens with zero attached hydrogens (tertiary/aromatic N) is 1. The predicted octanol–water partition coefficient (Wildman–Crippen LogP) is 10.9. The van der Waals surface area contributed by atoms with Gasteiger partial charge in [-0.15, -0.1) is 0 Å². The third-order valence-corrected chi connectivity index (χ3v) is 9.08. The molecule has 0 saturated carbocycles. The molecule has 340 valence electrons. The van der Waals surface area contributed by atoms with Crippen molar-refractivity contribution in [2.45, 2.75) is 161 Å². The van der Waals surface area contributed by atoms with Crippen LogP contribution in [0.5, 0.6) is 0 Å². The Hall–Kier alpha value is -3.79. The van der Waals surface area contributed by atoms with Crippen molar-refractivity contribution in [3.05, 3.63) is 97.2 Å². The van der Waals surface area contributed by atoms with Gasteiger partial charge in [0.15, 0.2) is 12.4 Å². The van der Waals surface area contributed by atoms with Crippen LogP contribution < -0.4 is 5.11 Å². The number of carboxylic acid groups (broad SMARTS) is 1. The lowest BCUT2D eigenvalue weighted by Crippen LogP contribution is -2.44. The number of hydrogen-bond acceptors (Lipinski definition) is 8. The Bertz CT molecular complexity index is 1300. The largest absolute Gasteiger partial charge is 0.545 e. The lowest BCUT2D eigenvalue weighted by Gasteiger charge is -2.26. The lowest BCUT2D eigenvalue weighted by atomic mass is 10.1. The van der Waals surface area contributed by atoms with Crippen molar-refractivity contribution >= 4 is 17.9 Å². The molecule has 0 aromatic carbocycles. The maximum absolute atomic E-state index is 12.7. The Morgan fingerprint density at radius 3 is 1.48 bits per heavy atom. The van der Waals surface area contributed by atoms with Gasteiger partial charge in [0.25, 0.3) is 0 Å². The molecule has 2 unspecified atom stereocenters. The second kappa shape index (κ2) is 41.9. The van der Waals surface area contributed by atoms with Gasteiger partial charge in [-0.2, -0.15) is 0 Å². The maximum Gasteiger partial charge on any atom is 0.306 e. The summed E-state index contributed by atoms with van der Waals surface area (Å²) in [6.45, 7) is 4.47. The van der Waals surface area contributed by atoms with Crippen LogP contribution in [0.1, 0.15) is 149 Å². The first-order chi connectivity index (χ1) is 29.1. The number of likely N-dealkylation sites (N-methyl/N-ethyl adjacent to an activating group) is 1. The zero-order chi connectivity index (χ0) is 44.2. The normalized spacial score (nSPS) is 13.8. The topological polar surface area (TPSA) is 111 Å². The Kier molecular flexibility index (Phi) is 39.3. The summed E-state index contributed by atoms with van der Waals surface area (Å²) in [5, 5.41) is 11.7. The number of carboxylic acids is 1. The second-order valence-electron chi connectivity index (χ2n) is 16.0. The number of unbranched alkanes of at least 4 members (excludes halogenated alkanes) is 9. The van der Waals surface area contributed by atoms with Crippen LogP contribution in [0.15, 0.2) is 97.2 Å². The predicted molar refractivity (Wildman–Crippen MR) is 246 cm³/mol. The molecule has 0 aliphatic heterocycles. The average molecular weight is 838 g/mol. The Morgan fingerprint density at radius 1 is 0.517 bits per heavy atom. The number of rotatable bonds is 40. The molecule has 0 radical (unpaired) electrons. The van der Waals surface area contributed by atoms with Crippen LogP contribution >= 0.6 is 0 Å². The van der Waals surface area contributed by atoms with Gasteiger partial charge in [-0.1, -0.05) is 150 Å². The molecule has 0 bridgehead atoms. The van der Waals surface area contributed by atoms with Gasteiger partial charge in [-0.25, -0.2) is 0 Å². The van der Waals surface area contributed by atoms with Crippen molar-refractivity contribution in [2.24, 2.45) is 0 Å². The van der Waals surface area contributed by atoms with Crippen LogP contribution in [0.4, 0.5) is 0 Å². The zero-order valence-corrected chi connectivity index (χ0v) is 38.3. The van der Waals surface area contributed by atoms with Crippen molar-refractivity contribution in [2.75, 3.05) is 47.5 Å². The molecule has 0 amide bonds. The first-order valence-electron chi connectivity index (χ1n) is 22.9. The van der Waals surface area contributed by atoms with E-state index >= 15 is 0 Å². The fourth-order valence-corrected chi connectivity index (χ4v) is 5.53.